The number of fused-ring (bicyclic) bond motifs is 1. The SMILES string of the molecule is Clc1ccc(COCCCOc2ccc(C3CCNCC3OCc3ccc4ccccc4c3)cc2)cc1. The summed E-state index contributed by atoms with van der Waals surface area (Å²) in [5.74, 6) is 1.26. The van der Waals surface area contributed by atoms with E-state index in [9.17, 15) is 0 Å². The monoisotopic (exact) mass is 515 g/mol. The van der Waals surface area contributed by atoms with E-state index in [-0.39, 0.29) is 6.10 Å². The molecule has 0 aliphatic carbocycles. The van der Waals surface area contributed by atoms with Gasteiger partial charge in [-0.1, -0.05) is 72.3 Å². The van der Waals surface area contributed by atoms with Gasteiger partial charge in [0, 0.05) is 23.9 Å². The highest BCUT2D eigenvalue weighted by Gasteiger charge is 2.27. The van der Waals surface area contributed by atoms with Gasteiger partial charge in [-0.2, -0.15) is 0 Å². The number of piperidine rings is 1. The Morgan fingerprint density at radius 2 is 1.57 bits per heavy atom. The third-order valence-corrected chi connectivity index (χ3v) is 7.15. The summed E-state index contributed by atoms with van der Waals surface area (Å²) in [6, 6.07) is 31.3. The summed E-state index contributed by atoms with van der Waals surface area (Å²) in [6.45, 7) is 4.37. The van der Waals surface area contributed by atoms with Gasteiger partial charge in [0.25, 0.3) is 0 Å². The Morgan fingerprint density at radius 3 is 2.41 bits per heavy atom. The molecule has 1 aliphatic heterocycles. The summed E-state index contributed by atoms with van der Waals surface area (Å²) >= 11 is 5.92. The minimum absolute atomic E-state index is 0.143. The van der Waals surface area contributed by atoms with Crippen molar-refractivity contribution in [1.29, 1.82) is 0 Å². The minimum atomic E-state index is 0.143. The second-order valence-electron chi connectivity index (χ2n) is 9.58. The maximum absolute atomic E-state index is 6.44. The molecule has 1 N–H and O–H groups in total. The molecular weight excluding hydrogens is 482 g/mol. The maximum Gasteiger partial charge on any atom is 0.119 e. The molecule has 1 saturated heterocycles. The Balaban J connectivity index is 1.08. The van der Waals surface area contributed by atoms with Crippen LogP contribution in [0.3, 0.4) is 0 Å². The molecule has 4 nitrogen and oxygen atoms in total. The number of hydrogen-bond acceptors (Lipinski definition) is 4. The van der Waals surface area contributed by atoms with Crippen LogP contribution in [-0.2, 0) is 22.7 Å². The van der Waals surface area contributed by atoms with Crippen molar-refractivity contribution in [2.75, 3.05) is 26.3 Å². The first kappa shape index (κ1) is 25.7. The molecule has 1 fully saturated rings. The van der Waals surface area contributed by atoms with Crippen LogP contribution in [0.1, 0.15) is 35.4 Å². The van der Waals surface area contributed by atoms with Gasteiger partial charge in [0.05, 0.1) is 32.5 Å². The van der Waals surface area contributed by atoms with Crippen LogP contribution in [0.25, 0.3) is 10.8 Å². The van der Waals surface area contributed by atoms with E-state index in [2.05, 4.69) is 72.0 Å². The Morgan fingerprint density at radius 1 is 0.784 bits per heavy atom. The zero-order valence-corrected chi connectivity index (χ0v) is 21.8. The fourth-order valence-corrected chi connectivity index (χ4v) is 4.98. The van der Waals surface area contributed by atoms with Crippen molar-refractivity contribution in [3.05, 3.63) is 113 Å². The average molecular weight is 516 g/mol. The van der Waals surface area contributed by atoms with Crippen molar-refractivity contribution >= 4 is 22.4 Å². The molecule has 4 aromatic carbocycles. The lowest BCUT2D eigenvalue weighted by Gasteiger charge is -2.32. The number of rotatable bonds is 11. The molecule has 0 saturated carbocycles. The Labute approximate surface area is 224 Å². The molecule has 0 bridgehead atoms. The number of hydrogen-bond donors (Lipinski definition) is 1. The van der Waals surface area contributed by atoms with Gasteiger partial charge in [-0.05, 0) is 70.8 Å². The molecule has 2 unspecified atom stereocenters. The van der Waals surface area contributed by atoms with E-state index in [0.717, 1.165) is 42.3 Å². The lowest BCUT2D eigenvalue weighted by molar-refractivity contribution is 0.0106. The van der Waals surface area contributed by atoms with Crippen LogP contribution in [0.2, 0.25) is 5.02 Å². The number of ether oxygens (including phenoxy) is 3. The van der Waals surface area contributed by atoms with Crippen molar-refractivity contribution < 1.29 is 14.2 Å². The molecule has 192 valence electrons. The van der Waals surface area contributed by atoms with E-state index in [4.69, 9.17) is 25.8 Å². The van der Waals surface area contributed by atoms with E-state index < -0.39 is 0 Å². The van der Waals surface area contributed by atoms with Gasteiger partial charge in [0.1, 0.15) is 5.75 Å². The molecule has 0 amide bonds. The van der Waals surface area contributed by atoms with E-state index in [1.807, 2.05) is 24.3 Å². The fourth-order valence-electron chi connectivity index (χ4n) is 4.85. The van der Waals surface area contributed by atoms with Gasteiger partial charge in [-0.3, -0.25) is 0 Å². The largest absolute Gasteiger partial charge is 0.494 e. The van der Waals surface area contributed by atoms with Crippen molar-refractivity contribution in [2.45, 2.75) is 38.1 Å². The molecule has 1 aliphatic rings. The average Bonchev–Trinajstić information content (AvgIpc) is 2.95. The summed E-state index contributed by atoms with van der Waals surface area (Å²) in [4.78, 5) is 0. The standard InChI is InChI=1S/C32H34ClNO3/c33-29-12-7-24(8-13-29)22-35-18-3-19-36-30-14-10-27(11-15-30)31-16-17-34-21-32(31)37-23-25-6-9-26-4-1-2-5-28(26)20-25/h1-2,4-15,20,31-32,34H,3,16-19,21-23H2. The van der Waals surface area contributed by atoms with Crippen molar-refractivity contribution in [3.8, 4) is 5.75 Å². The van der Waals surface area contributed by atoms with Gasteiger partial charge in [0.2, 0.25) is 0 Å². The van der Waals surface area contributed by atoms with Crippen LogP contribution in [0, 0.1) is 0 Å². The van der Waals surface area contributed by atoms with E-state index in [1.165, 1.54) is 21.9 Å². The van der Waals surface area contributed by atoms with Gasteiger partial charge in [-0.15, -0.1) is 0 Å². The second kappa shape index (κ2) is 13.1. The highest BCUT2D eigenvalue weighted by Crippen LogP contribution is 2.30. The molecule has 0 spiro atoms. The summed E-state index contributed by atoms with van der Waals surface area (Å²) in [5.41, 5.74) is 3.64. The van der Waals surface area contributed by atoms with E-state index in [1.54, 1.807) is 0 Å². The molecule has 4 aromatic rings. The van der Waals surface area contributed by atoms with Crippen LogP contribution >= 0.6 is 11.6 Å². The van der Waals surface area contributed by atoms with Crippen molar-refractivity contribution in [1.82, 2.24) is 5.32 Å². The van der Waals surface area contributed by atoms with Gasteiger partial charge < -0.3 is 19.5 Å². The first-order valence-electron chi connectivity index (χ1n) is 13.1. The van der Waals surface area contributed by atoms with Crippen LogP contribution < -0.4 is 10.1 Å². The maximum atomic E-state index is 6.44. The summed E-state index contributed by atoms with van der Waals surface area (Å²) in [7, 11) is 0. The normalized spacial score (nSPS) is 17.6. The van der Waals surface area contributed by atoms with Gasteiger partial charge in [-0.25, -0.2) is 0 Å². The zero-order chi connectivity index (χ0) is 25.3. The number of benzene rings is 4. The molecule has 1 heterocycles. The Bertz CT molecular complexity index is 1260. The molecule has 0 aromatic heterocycles. The zero-order valence-electron chi connectivity index (χ0n) is 21.1. The molecule has 5 rings (SSSR count). The van der Waals surface area contributed by atoms with Crippen molar-refractivity contribution in [3.63, 3.8) is 0 Å². The predicted octanol–water partition coefficient (Wildman–Crippen LogP) is 7.14. The van der Waals surface area contributed by atoms with Crippen molar-refractivity contribution in [2.24, 2.45) is 0 Å². The topological polar surface area (TPSA) is 39.7 Å². The molecule has 5 heteroatoms. The van der Waals surface area contributed by atoms with Crippen LogP contribution in [0.5, 0.6) is 5.75 Å². The van der Waals surface area contributed by atoms with Crippen LogP contribution in [0.4, 0.5) is 0 Å². The van der Waals surface area contributed by atoms with E-state index in [0.29, 0.717) is 32.3 Å². The first-order valence-corrected chi connectivity index (χ1v) is 13.5. The molecule has 37 heavy (non-hydrogen) atoms. The lowest BCUT2D eigenvalue weighted by atomic mass is 9.87. The van der Waals surface area contributed by atoms with E-state index >= 15 is 0 Å². The summed E-state index contributed by atoms with van der Waals surface area (Å²) < 4.78 is 18.1. The van der Waals surface area contributed by atoms with Gasteiger partial charge in [0.15, 0.2) is 0 Å². The Kier molecular flexibility index (Phi) is 9.09. The summed E-state index contributed by atoms with van der Waals surface area (Å²) in [6.07, 6.45) is 2.05. The lowest BCUT2D eigenvalue weighted by Crippen LogP contribution is -2.40. The summed E-state index contributed by atoms with van der Waals surface area (Å²) in [5, 5.41) is 6.76. The van der Waals surface area contributed by atoms with Crippen LogP contribution in [-0.4, -0.2) is 32.4 Å². The number of halogens is 1. The molecule has 0 radical (unpaired) electrons. The fraction of sp³-hybridized carbons (Fsp3) is 0.312. The molecule has 2 atom stereocenters. The number of nitrogens with one attached hydrogen (secondary N) is 1. The predicted molar refractivity (Wildman–Crippen MR) is 150 cm³/mol. The smallest absolute Gasteiger partial charge is 0.119 e. The third-order valence-electron chi connectivity index (χ3n) is 6.90. The highest BCUT2D eigenvalue weighted by molar-refractivity contribution is 6.30. The molecular formula is C32H34ClNO3. The van der Waals surface area contributed by atoms with Crippen LogP contribution in [0.15, 0.2) is 91.0 Å². The highest BCUT2D eigenvalue weighted by atomic mass is 35.5. The third kappa shape index (κ3) is 7.33. The van der Waals surface area contributed by atoms with Gasteiger partial charge >= 0.3 is 0 Å². The quantitative estimate of drug-likeness (QED) is 0.215. The second-order valence-corrected chi connectivity index (χ2v) is 10.0. The first-order chi connectivity index (χ1) is 18.2. The Hall–Kier alpha value is -2.89. The minimum Gasteiger partial charge on any atom is -0.494 e.